The zero-order chi connectivity index (χ0) is 17.3. The molecule has 124 valence electrons. The predicted octanol–water partition coefficient (Wildman–Crippen LogP) is 4.37. The fourth-order valence-electron chi connectivity index (χ4n) is 3.48. The number of rotatable bonds is 4. The minimum absolute atomic E-state index is 0.813. The van der Waals surface area contributed by atoms with Gasteiger partial charge in [0.05, 0.1) is 0 Å². The van der Waals surface area contributed by atoms with Crippen LogP contribution < -0.4 is 15.9 Å². The molecular weight excluding hydrogens is 325 g/mol. The van der Waals surface area contributed by atoms with E-state index < -0.39 is 7.14 Å². The van der Waals surface area contributed by atoms with E-state index in [0.29, 0.717) is 0 Å². The molecule has 0 unspecified atom stereocenters. The summed E-state index contributed by atoms with van der Waals surface area (Å²) in [5.41, 5.74) is 2.10. The highest BCUT2D eigenvalue weighted by atomic mass is 31.2. The van der Waals surface area contributed by atoms with Crippen LogP contribution in [-0.2, 0) is 11.0 Å². The Morgan fingerprint density at radius 2 is 1.28 bits per heavy atom. The molecule has 1 heterocycles. The summed E-state index contributed by atoms with van der Waals surface area (Å²) in [5.74, 6) is 0. The summed E-state index contributed by atoms with van der Waals surface area (Å²) in [5, 5.41) is 3.75. The van der Waals surface area contributed by atoms with E-state index in [9.17, 15) is 4.57 Å². The minimum atomic E-state index is -2.96. The van der Waals surface area contributed by atoms with Crippen LogP contribution in [0.2, 0.25) is 0 Å². The number of hydrogen-bond donors (Lipinski definition) is 1. The standard InChI is InChI=1S/C22H20NOP/c1-2-20-22(19-15-9-10-16-21(19)23-20)25(24,17-11-5-3-6-12-17)18-13-7-4-8-14-18/h3-16,23H,2H2,1H3. The molecule has 1 N–H and O–H groups in total. The van der Waals surface area contributed by atoms with E-state index in [2.05, 4.69) is 24.0 Å². The van der Waals surface area contributed by atoms with E-state index >= 15 is 0 Å². The van der Waals surface area contributed by atoms with Gasteiger partial charge in [0.2, 0.25) is 0 Å². The lowest BCUT2D eigenvalue weighted by Gasteiger charge is -2.20. The zero-order valence-electron chi connectivity index (χ0n) is 14.1. The van der Waals surface area contributed by atoms with Gasteiger partial charge in [-0.15, -0.1) is 0 Å². The second-order valence-corrected chi connectivity index (χ2v) is 8.83. The lowest BCUT2D eigenvalue weighted by molar-refractivity contribution is 0.592. The van der Waals surface area contributed by atoms with Crippen LogP contribution >= 0.6 is 7.14 Å². The molecule has 0 aliphatic rings. The van der Waals surface area contributed by atoms with E-state index in [4.69, 9.17) is 0 Å². The zero-order valence-corrected chi connectivity index (χ0v) is 15.0. The molecule has 3 heteroatoms. The molecule has 0 aliphatic heterocycles. The number of aryl methyl sites for hydroxylation is 1. The fourth-order valence-corrected chi connectivity index (χ4v) is 6.61. The van der Waals surface area contributed by atoms with Gasteiger partial charge in [0.1, 0.15) is 0 Å². The summed E-state index contributed by atoms with van der Waals surface area (Å²) in [6.45, 7) is 2.11. The molecule has 0 atom stereocenters. The third-order valence-corrected chi connectivity index (χ3v) is 7.85. The molecule has 0 amide bonds. The summed E-state index contributed by atoms with van der Waals surface area (Å²) in [6, 6.07) is 27.9. The SMILES string of the molecule is CCc1[nH]c2ccccc2c1P(=O)(c1ccccc1)c1ccccc1. The number of hydrogen-bond acceptors (Lipinski definition) is 1. The van der Waals surface area contributed by atoms with Crippen molar-refractivity contribution in [1.29, 1.82) is 0 Å². The van der Waals surface area contributed by atoms with Crippen molar-refractivity contribution in [2.75, 3.05) is 0 Å². The van der Waals surface area contributed by atoms with E-state index in [0.717, 1.165) is 38.9 Å². The summed E-state index contributed by atoms with van der Waals surface area (Å²) in [6.07, 6.45) is 0.813. The average molecular weight is 345 g/mol. The van der Waals surface area contributed by atoms with Gasteiger partial charge >= 0.3 is 0 Å². The first-order chi connectivity index (χ1) is 12.2. The monoisotopic (exact) mass is 345 g/mol. The number of aromatic amines is 1. The third-order valence-electron chi connectivity index (χ3n) is 4.66. The number of fused-ring (bicyclic) bond motifs is 1. The van der Waals surface area contributed by atoms with Crippen molar-refractivity contribution < 1.29 is 4.57 Å². The maximum Gasteiger partial charge on any atom is 0.173 e. The van der Waals surface area contributed by atoms with Gasteiger partial charge in [-0.3, -0.25) is 0 Å². The van der Waals surface area contributed by atoms with Crippen LogP contribution in [0, 0.1) is 0 Å². The van der Waals surface area contributed by atoms with Gasteiger partial charge in [-0.2, -0.15) is 0 Å². The smallest absolute Gasteiger partial charge is 0.173 e. The molecule has 0 saturated carbocycles. The number of nitrogens with one attached hydrogen (secondary N) is 1. The van der Waals surface area contributed by atoms with E-state index in [1.807, 2.05) is 72.8 Å². The maximum atomic E-state index is 14.7. The van der Waals surface area contributed by atoms with E-state index in [1.54, 1.807) is 0 Å². The summed E-state index contributed by atoms with van der Waals surface area (Å²) < 4.78 is 14.7. The Kier molecular flexibility index (Phi) is 4.07. The number of aromatic nitrogens is 1. The summed E-state index contributed by atoms with van der Waals surface area (Å²) in [7, 11) is -2.96. The topological polar surface area (TPSA) is 32.9 Å². The minimum Gasteiger partial charge on any atom is -0.358 e. The molecule has 4 rings (SSSR count). The molecular formula is C22H20NOP. The molecule has 2 nitrogen and oxygen atoms in total. The molecule has 0 radical (unpaired) electrons. The molecule has 0 aliphatic carbocycles. The van der Waals surface area contributed by atoms with Gasteiger partial charge in [0, 0.05) is 32.5 Å². The van der Waals surface area contributed by atoms with Crippen molar-refractivity contribution in [3.05, 3.63) is 90.6 Å². The van der Waals surface area contributed by atoms with Crippen molar-refractivity contribution >= 4 is 34.0 Å². The van der Waals surface area contributed by atoms with Crippen molar-refractivity contribution in [2.24, 2.45) is 0 Å². The molecule has 25 heavy (non-hydrogen) atoms. The van der Waals surface area contributed by atoms with Crippen LogP contribution in [0.4, 0.5) is 0 Å². The molecule has 0 bridgehead atoms. The maximum absolute atomic E-state index is 14.7. The molecule has 0 saturated heterocycles. The van der Waals surface area contributed by atoms with Gasteiger partial charge in [-0.25, -0.2) is 0 Å². The van der Waals surface area contributed by atoms with Crippen LogP contribution in [0.5, 0.6) is 0 Å². The van der Waals surface area contributed by atoms with Crippen molar-refractivity contribution in [2.45, 2.75) is 13.3 Å². The molecule has 4 aromatic rings. The van der Waals surface area contributed by atoms with Crippen molar-refractivity contribution in [1.82, 2.24) is 4.98 Å². The van der Waals surface area contributed by atoms with E-state index in [-0.39, 0.29) is 0 Å². The van der Waals surface area contributed by atoms with Gasteiger partial charge in [-0.1, -0.05) is 85.8 Å². The summed E-state index contributed by atoms with van der Waals surface area (Å²) >= 11 is 0. The van der Waals surface area contributed by atoms with Crippen molar-refractivity contribution in [3.8, 4) is 0 Å². The highest BCUT2D eigenvalue weighted by molar-refractivity contribution is 7.85. The first-order valence-electron chi connectivity index (χ1n) is 8.56. The number of para-hydroxylation sites is 1. The lowest BCUT2D eigenvalue weighted by Crippen LogP contribution is -2.26. The molecule has 0 spiro atoms. The van der Waals surface area contributed by atoms with Crippen LogP contribution in [0.3, 0.4) is 0 Å². The Balaban J connectivity index is 2.12. The predicted molar refractivity (Wildman–Crippen MR) is 107 cm³/mol. The van der Waals surface area contributed by atoms with Crippen LogP contribution in [-0.4, -0.2) is 4.98 Å². The Hall–Kier alpha value is -2.57. The highest BCUT2D eigenvalue weighted by Crippen LogP contribution is 2.45. The normalized spacial score (nSPS) is 11.7. The third kappa shape index (κ3) is 2.54. The first-order valence-corrected chi connectivity index (χ1v) is 10.3. The molecule has 0 fully saturated rings. The number of benzene rings is 3. The number of H-pyrrole nitrogens is 1. The Morgan fingerprint density at radius 1 is 0.760 bits per heavy atom. The van der Waals surface area contributed by atoms with Gasteiger partial charge < -0.3 is 9.55 Å². The Bertz CT molecular complexity index is 1010. The molecule has 3 aromatic carbocycles. The average Bonchev–Trinajstić information content (AvgIpc) is 3.08. The highest BCUT2D eigenvalue weighted by Gasteiger charge is 2.34. The second-order valence-electron chi connectivity index (χ2n) is 6.13. The Labute approximate surface area is 147 Å². The van der Waals surface area contributed by atoms with Gasteiger partial charge in [0.25, 0.3) is 0 Å². The van der Waals surface area contributed by atoms with E-state index in [1.165, 1.54) is 0 Å². The van der Waals surface area contributed by atoms with Crippen LogP contribution in [0.1, 0.15) is 12.6 Å². The fraction of sp³-hybridized carbons (Fsp3) is 0.0909. The Morgan fingerprint density at radius 3 is 1.84 bits per heavy atom. The summed E-state index contributed by atoms with van der Waals surface area (Å²) in [4.78, 5) is 3.49. The van der Waals surface area contributed by atoms with Crippen LogP contribution in [0.15, 0.2) is 84.9 Å². The van der Waals surface area contributed by atoms with Gasteiger partial charge in [-0.05, 0) is 12.5 Å². The quantitative estimate of drug-likeness (QED) is 0.548. The lowest BCUT2D eigenvalue weighted by atomic mass is 10.2. The van der Waals surface area contributed by atoms with Crippen LogP contribution in [0.25, 0.3) is 10.9 Å². The van der Waals surface area contributed by atoms with Crippen molar-refractivity contribution in [3.63, 3.8) is 0 Å². The largest absolute Gasteiger partial charge is 0.358 e. The molecule has 1 aromatic heterocycles. The van der Waals surface area contributed by atoms with Gasteiger partial charge in [0.15, 0.2) is 7.14 Å². The first kappa shape index (κ1) is 15.9. The second kappa shape index (κ2) is 6.38.